The number of hydrogen-bond acceptors (Lipinski definition) is 6. The van der Waals surface area contributed by atoms with Crippen LogP contribution in [0.2, 0.25) is 0 Å². The van der Waals surface area contributed by atoms with Crippen molar-refractivity contribution in [3.63, 3.8) is 0 Å². The van der Waals surface area contributed by atoms with E-state index >= 15 is 0 Å². The maximum absolute atomic E-state index is 8.98. The predicted molar refractivity (Wildman–Crippen MR) is 53.6 cm³/mol. The Bertz CT molecular complexity index is 603. The monoisotopic (exact) mass is 211 g/mol. The lowest BCUT2D eigenvalue weighted by Crippen LogP contribution is -1.99. The molecule has 6 nitrogen and oxygen atoms in total. The van der Waals surface area contributed by atoms with E-state index in [1.54, 1.807) is 0 Å². The molecule has 0 saturated heterocycles. The largest absolute Gasteiger partial charge is 0.443 e. The molecule has 0 bridgehead atoms. The summed E-state index contributed by atoms with van der Waals surface area (Å²) in [6.45, 7) is 0. The molecule has 0 aromatic carbocycles. The first kappa shape index (κ1) is 9.69. The normalized spacial score (nSPS) is 9.38. The number of anilines is 1. The van der Waals surface area contributed by atoms with Gasteiger partial charge in [-0.1, -0.05) is 0 Å². The third kappa shape index (κ3) is 1.35. The lowest BCUT2D eigenvalue weighted by Gasteiger charge is -2.04. The lowest BCUT2D eigenvalue weighted by atomic mass is 10.0. The zero-order chi connectivity index (χ0) is 11.5. The zero-order valence-electron chi connectivity index (χ0n) is 8.01. The van der Waals surface area contributed by atoms with Crippen LogP contribution in [0.5, 0.6) is 0 Å². The summed E-state index contributed by atoms with van der Waals surface area (Å²) >= 11 is 0. The topological polar surface area (TPSA) is 113 Å². The highest BCUT2D eigenvalue weighted by Crippen LogP contribution is 2.28. The molecular weight excluding hydrogens is 206 g/mol. The molecule has 0 radical (unpaired) electrons. The van der Waals surface area contributed by atoms with Gasteiger partial charge in [0.25, 0.3) is 0 Å². The van der Waals surface area contributed by atoms with Crippen molar-refractivity contribution in [1.29, 1.82) is 10.5 Å². The summed E-state index contributed by atoms with van der Waals surface area (Å²) in [5.74, 6) is 0.384. The molecule has 0 fully saturated rings. The summed E-state index contributed by atoms with van der Waals surface area (Å²) in [6, 6.07) is 3.83. The van der Waals surface area contributed by atoms with Crippen LogP contribution in [0.15, 0.2) is 23.2 Å². The second-order valence-electron chi connectivity index (χ2n) is 2.90. The van der Waals surface area contributed by atoms with E-state index in [0.717, 1.165) is 0 Å². The smallest absolute Gasteiger partial charge is 0.181 e. The highest BCUT2D eigenvalue weighted by Gasteiger charge is 2.17. The van der Waals surface area contributed by atoms with Crippen LogP contribution in [0.1, 0.15) is 11.1 Å². The van der Waals surface area contributed by atoms with Crippen LogP contribution in [0.4, 0.5) is 5.82 Å². The number of nitrogens with two attached hydrogens (primary N) is 1. The van der Waals surface area contributed by atoms with E-state index in [0.29, 0.717) is 11.3 Å². The third-order valence-electron chi connectivity index (χ3n) is 2.02. The summed E-state index contributed by atoms with van der Waals surface area (Å²) in [5, 5.41) is 17.9. The number of nitrogen functional groups attached to an aromatic ring is 1. The molecule has 0 amide bonds. The van der Waals surface area contributed by atoms with Gasteiger partial charge in [-0.15, -0.1) is 0 Å². The van der Waals surface area contributed by atoms with E-state index < -0.39 is 0 Å². The van der Waals surface area contributed by atoms with Crippen LogP contribution in [-0.2, 0) is 0 Å². The maximum Gasteiger partial charge on any atom is 0.181 e. The zero-order valence-corrected chi connectivity index (χ0v) is 8.01. The minimum absolute atomic E-state index is 0.0629. The Balaban J connectivity index is 2.81. The fourth-order valence-corrected chi connectivity index (χ4v) is 1.32. The van der Waals surface area contributed by atoms with Crippen molar-refractivity contribution in [2.24, 2.45) is 0 Å². The molecule has 0 aliphatic rings. The Hall–Kier alpha value is -2.86. The summed E-state index contributed by atoms with van der Waals surface area (Å²) in [6.07, 6.45) is 3.93. The van der Waals surface area contributed by atoms with Crippen molar-refractivity contribution < 1.29 is 4.42 Å². The first-order chi connectivity index (χ1) is 7.77. The number of nitrogens with zero attached hydrogens (tertiary/aromatic N) is 4. The SMILES string of the molecule is N#Cc1cnc(N)c(C#N)c1-c1cnco1. The minimum atomic E-state index is 0.0629. The Morgan fingerprint density at radius 2 is 2.06 bits per heavy atom. The molecule has 76 valence electrons. The Morgan fingerprint density at radius 3 is 2.62 bits per heavy atom. The summed E-state index contributed by atoms with van der Waals surface area (Å²) in [5.41, 5.74) is 6.23. The van der Waals surface area contributed by atoms with Crippen molar-refractivity contribution in [3.05, 3.63) is 29.9 Å². The first-order valence-electron chi connectivity index (χ1n) is 4.25. The highest BCUT2D eigenvalue weighted by atomic mass is 16.3. The van der Waals surface area contributed by atoms with Crippen molar-refractivity contribution in [2.45, 2.75) is 0 Å². The number of rotatable bonds is 1. The Morgan fingerprint density at radius 1 is 1.25 bits per heavy atom. The fraction of sp³-hybridized carbons (Fsp3) is 0. The van der Waals surface area contributed by atoms with Crippen LogP contribution in [0.3, 0.4) is 0 Å². The lowest BCUT2D eigenvalue weighted by molar-refractivity contribution is 0.571. The molecule has 2 heterocycles. The quantitative estimate of drug-likeness (QED) is 0.754. The molecule has 0 spiro atoms. The van der Waals surface area contributed by atoms with Gasteiger partial charge in [0.1, 0.15) is 23.5 Å². The van der Waals surface area contributed by atoms with Crippen molar-refractivity contribution in [3.8, 4) is 23.5 Å². The average molecular weight is 211 g/mol. The van der Waals surface area contributed by atoms with Gasteiger partial charge in [-0.3, -0.25) is 0 Å². The number of nitriles is 2. The maximum atomic E-state index is 8.98. The Kier molecular flexibility index (Phi) is 2.25. The van der Waals surface area contributed by atoms with Crippen LogP contribution in [0, 0.1) is 22.7 Å². The van der Waals surface area contributed by atoms with Gasteiger partial charge in [0.15, 0.2) is 12.2 Å². The van der Waals surface area contributed by atoms with E-state index in [1.165, 1.54) is 18.8 Å². The third-order valence-corrected chi connectivity index (χ3v) is 2.02. The van der Waals surface area contributed by atoms with Crippen molar-refractivity contribution in [2.75, 3.05) is 5.73 Å². The summed E-state index contributed by atoms with van der Waals surface area (Å²) in [7, 11) is 0. The van der Waals surface area contributed by atoms with Crippen molar-refractivity contribution in [1.82, 2.24) is 9.97 Å². The number of aromatic nitrogens is 2. The van der Waals surface area contributed by atoms with Gasteiger partial charge in [0.05, 0.1) is 17.3 Å². The number of oxazole rings is 1. The second kappa shape index (κ2) is 3.71. The average Bonchev–Trinajstić information content (AvgIpc) is 2.81. The van der Waals surface area contributed by atoms with Crippen LogP contribution in [-0.4, -0.2) is 9.97 Å². The van der Waals surface area contributed by atoms with Gasteiger partial charge in [-0.25, -0.2) is 9.97 Å². The van der Waals surface area contributed by atoms with Crippen LogP contribution < -0.4 is 5.73 Å². The van der Waals surface area contributed by atoms with Gasteiger partial charge >= 0.3 is 0 Å². The summed E-state index contributed by atoms with van der Waals surface area (Å²) < 4.78 is 5.06. The fourth-order valence-electron chi connectivity index (χ4n) is 1.32. The van der Waals surface area contributed by atoms with E-state index in [9.17, 15) is 0 Å². The molecule has 0 aliphatic heterocycles. The molecule has 2 aromatic heterocycles. The predicted octanol–water partition coefficient (Wildman–Crippen LogP) is 1.06. The molecule has 0 saturated carbocycles. The van der Waals surface area contributed by atoms with Gasteiger partial charge in [-0.05, 0) is 0 Å². The Labute approximate surface area is 90.6 Å². The molecule has 2 N–H and O–H groups in total. The number of hydrogen-bond donors (Lipinski definition) is 1. The molecule has 0 atom stereocenters. The molecular formula is C10H5N5O. The van der Waals surface area contributed by atoms with Crippen LogP contribution >= 0.6 is 0 Å². The molecule has 2 aromatic rings. The molecule has 16 heavy (non-hydrogen) atoms. The second-order valence-corrected chi connectivity index (χ2v) is 2.90. The van der Waals surface area contributed by atoms with Crippen molar-refractivity contribution >= 4 is 5.82 Å². The molecule has 0 unspecified atom stereocenters. The van der Waals surface area contributed by atoms with Gasteiger partial charge in [-0.2, -0.15) is 10.5 Å². The summed E-state index contributed by atoms with van der Waals surface area (Å²) in [4.78, 5) is 7.49. The van der Waals surface area contributed by atoms with Gasteiger partial charge in [0, 0.05) is 6.20 Å². The standard InChI is InChI=1S/C10H5N5O/c11-1-6-3-15-10(13)7(2-12)9(6)8-4-14-5-16-8/h3-5H,(H2,13,15). The van der Waals surface area contributed by atoms with E-state index in [2.05, 4.69) is 9.97 Å². The number of pyridine rings is 1. The van der Waals surface area contributed by atoms with E-state index in [4.69, 9.17) is 20.7 Å². The van der Waals surface area contributed by atoms with Gasteiger partial charge < -0.3 is 10.2 Å². The van der Waals surface area contributed by atoms with Gasteiger partial charge in [0.2, 0.25) is 0 Å². The molecule has 6 heteroatoms. The molecule has 2 rings (SSSR count). The van der Waals surface area contributed by atoms with E-state index in [1.807, 2.05) is 12.1 Å². The van der Waals surface area contributed by atoms with Crippen LogP contribution in [0.25, 0.3) is 11.3 Å². The minimum Gasteiger partial charge on any atom is -0.443 e. The highest BCUT2D eigenvalue weighted by molar-refractivity contribution is 5.76. The molecule has 0 aliphatic carbocycles. The first-order valence-corrected chi connectivity index (χ1v) is 4.25. The van der Waals surface area contributed by atoms with E-state index in [-0.39, 0.29) is 16.9 Å².